The Labute approximate surface area is 190 Å². The first-order chi connectivity index (χ1) is 15.3. The van der Waals surface area contributed by atoms with Crippen LogP contribution in [0.15, 0.2) is 41.4 Å². The normalized spacial score (nSPS) is 17.6. The molecule has 0 saturated carbocycles. The molecule has 0 atom stereocenters. The molecule has 0 bridgehead atoms. The highest BCUT2D eigenvalue weighted by Gasteiger charge is 2.31. The van der Waals surface area contributed by atoms with Gasteiger partial charge in [-0.2, -0.15) is 4.31 Å². The molecule has 9 heteroatoms. The van der Waals surface area contributed by atoms with Gasteiger partial charge in [0.1, 0.15) is 5.82 Å². The van der Waals surface area contributed by atoms with Crippen LogP contribution in [0.3, 0.4) is 0 Å². The minimum Gasteiger partial charge on any atom is -0.357 e. The summed E-state index contributed by atoms with van der Waals surface area (Å²) in [5.74, 6) is 0.958. The third-order valence-corrected chi connectivity index (χ3v) is 8.21. The van der Waals surface area contributed by atoms with Gasteiger partial charge in [0.25, 0.3) is 0 Å². The molecule has 2 saturated heterocycles. The van der Waals surface area contributed by atoms with Gasteiger partial charge < -0.3 is 15.1 Å². The van der Waals surface area contributed by atoms with Crippen molar-refractivity contribution in [3.63, 3.8) is 0 Å². The third-order valence-electron chi connectivity index (χ3n) is 6.17. The first kappa shape index (κ1) is 22.5. The summed E-state index contributed by atoms with van der Waals surface area (Å²) in [5, 5.41) is 2.96. The number of rotatable bonds is 5. The zero-order valence-corrected chi connectivity index (χ0v) is 19.6. The Kier molecular flexibility index (Phi) is 6.66. The molecule has 1 aromatic heterocycles. The number of sulfonamides is 1. The van der Waals surface area contributed by atoms with E-state index >= 15 is 0 Å². The number of hydrogen-bond donors (Lipinski definition) is 1. The maximum absolute atomic E-state index is 13.1. The zero-order chi connectivity index (χ0) is 22.7. The number of carbonyl (C=O) groups excluding carboxylic acids is 1. The van der Waals surface area contributed by atoms with Crippen molar-refractivity contribution in [2.24, 2.45) is 0 Å². The van der Waals surface area contributed by atoms with E-state index in [2.05, 4.69) is 15.2 Å². The van der Waals surface area contributed by atoms with Crippen LogP contribution in [-0.4, -0.2) is 67.9 Å². The summed E-state index contributed by atoms with van der Waals surface area (Å²) >= 11 is 0. The maximum atomic E-state index is 13.1. The predicted molar refractivity (Wildman–Crippen MR) is 124 cm³/mol. The fourth-order valence-corrected chi connectivity index (χ4v) is 5.97. The van der Waals surface area contributed by atoms with E-state index in [9.17, 15) is 13.2 Å². The number of pyridine rings is 1. The molecule has 0 unspecified atom stereocenters. The van der Waals surface area contributed by atoms with Gasteiger partial charge in [0.05, 0.1) is 4.90 Å². The standard InChI is InChI=1S/C23H31N5O3S/c1-18-5-6-19(2)21(15-18)32(30,31)28-13-11-27(12-14-28)23(29)25-17-20-7-8-24-22(16-20)26-9-3-4-10-26/h5-8,15-16H,3-4,9-14,17H2,1-2H3,(H,25,29). The van der Waals surface area contributed by atoms with Crippen LogP contribution in [0.2, 0.25) is 0 Å². The van der Waals surface area contributed by atoms with E-state index in [4.69, 9.17) is 0 Å². The molecule has 2 aliphatic heterocycles. The summed E-state index contributed by atoms with van der Waals surface area (Å²) in [5.41, 5.74) is 2.66. The first-order valence-corrected chi connectivity index (χ1v) is 12.6. The molecule has 0 radical (unpaired) electrons. The SMILES string of the molecule is Cc1ccc(C)c(S(=O)(=O)N2CCN(C(=O)NCc3ccnc(N4CCCC4)c3)CC2)c1. The van der Waals surface area contributed by atoms with Crippen LogP contribution in [0.4, 0.5) is 10.6 Å². The number of piperazine rings is 1. The molecule has 2 aromatic rings. The number of nitrogens with zero attached hydrogens (tertiary/aromatic N) is 4. The molecule has 1 aromatic carbocycles. The van der Waals surface area contributed by atoms with E-state index in [1.165, 1.54) is 17.1 Å². The number of urea groups is 1. The summed E-state index contributed by atoms with van der Waals surface area (Å²) in [6.07, 6.45) is 4.16. The van der Waals surface area contributed by atoms with E-state index in [1.807, 2.05) is 38.1 Å². The lowest BCUT2D eigenvalue weighted by atomic mass is 10.2. The molecule has 4 rings (SSSR count). The molecule has 0 aliphatic carbocycles. The van der Waals surface area contributed by atoms with Gasteiger partial charge in [-0.25, -0.2) is 18.2 Å². The van der Waals surface area contributed by atoms with Gasteiger partial charge in [-0.15, -0.1) is 0 Å². The third kappa shape index (κ3) is 4.88. The van der Waals surface area contributed by atoms with Crippen LogP contribution >= 0.6 is 0 Å². The van der Waals surface area contributed by atoms with E-state index in [0.717, 1.165) is 35.6 Å². The lowest BCUT2D eigenvalue weighted by molar-refractivity contribution is 0.172. The molecule has 2 aliphatic rings. The molecule has 0 spiro atoms. The summed E-state index contributed by atoms with van der Waals surface area (Å²) in [7, 11) is -3.57. The second-order valence-corrected chi connectivity index (χ2v) is 10.4. The Morgan fingerprint density at radius 1 is 1.00 bits per heavy atom. The van der Waals surface area contributed by atoms with E-state index in [1.54, 1.807) is 17.2 Å². The van der Waals surface area contributed by atoms with Crippen molar-refractivity contribution in [1.82, 2.24) is 19.5 Å². The molecular formula is C23H31N5O3S. The smallest absolute Gasteiger partial charge is 0.317 e. The number of anilines is 1. The summed E-state index contributed by atoms with van der Waals surface area (Å²) < 4.78 is 27.6. The van der Waals surface area contributed by atoms with Crippen LogP contribution in [-0.2, 0) is 16.6 Å². The van der Waals surface area contributed by atoms with Gasteiger partial charge in [-0.3, -0.25) is 0 Å². The molecule has 3 heterocycles. The number of carbonyl (C=O) groups is 1. The van der Waals surface area contributed by atoms with Crippen molar-refractivity contribution in [2.45, 2.75) is 38.1 Å². The number of nitrogens with one attached hydrogen (secondary N) is 1. The number of benzene rings is 1. The van der Waals surface area contributed by atoms with Crippen molar-refractivity contribution < 1.29 is 13.2 Å². The van der Waals surface area contributed by atoms with Gasteiger partial charge >= 0.3 is 6.03 Å². The Bertz CT molecular complexity index is 1070. The highest BCUT2D eigenvalue weighted by Crippen LogP contribution is 2.23. The van der Waals surface area contributed by atoms with Crippen molar-refractivity contribution in [3.05, 3.63) is 53.2 Å². The average molecular weight is 458 g/mol. The molecule has 8 nitrogen and oxygen atoms in total. The van der Waals surface area contributed by atoms with Crippen molar-refractivity contribution in [1.29, 1.82) is 0 Å². The Morgan fingerprint density at radius 3 is 2.44 bits per heavy atom. The number of hydrogen-bond acceptors (Lipinski definition) is 5. The molecular weight excluding hydrogens is 426 g/mol. The largest absolute Gasteiger partial charge is 0.357 e. The second kappa shape index (κ2) is 9.46. The minimum atomic E-state index is -3.57. The predicted octanol–water partition coefficient (Wildman–Crippen LogP) is 2.51. The van der Waals surface area contributed by atoms with Gasteiger partial charge in [0.15, 0.2) is 0 Å². The lowest BCUT2D eigenvalue weighted by Crippen LogP contribution is -2.53. The Hall–Kier alpha value is -2.65. The minimum absolute atomic E-state index is 0.173. The quantitative estimate of drug-likeness (QED) is 0.746. The van der Waals surface area contributed by atoms with Gasteiger partial charge in [-0.05, 0) is 61.6 Å². The molecule has 2 fully saturated rings. The Balaban J connectivity index is 1.32. The van der Waals surface area contributed by atoms with Crippen molar-refractivity contribution in [3.8, 4) is 0 Å². The Morgan fingerprint density at radius 2 is 1.72 bits per heavy atom. The first-order valence-electron chi connectivity index (χ1n) is 11.1. The maximum Gasteiger partial charge on any atom is 0.317 e. The summed E-state index contributed by atoms with van der Waals surface area (Å²) in [6, 6.07) is 9.23. The van der Waals surface area contributed by atoms with Crippen LogP contribution < -0.4 is 10.2 Å². The summed E-state index contributed by atoms with van der Waals surface area (Å²) in [4.78, 5) is 21.4. The van der Waals surface area contributed by atoms with Gasteiger partial charge in [-0.1, -0.05) is 12.1 Å². The summed E-state index contributed by atoms with van der Waals surface area (Å²) in [6.45, 7) is 7.48. The topological polar surface area (TPSA) is 85.8 Å². The monoisotopic (exact) mass is 457 g/mol. The van der Waals surface area contributed by atoms with Crippen molar-refractivity contribution >= 4 is 21.9 Å². The van der Waals surface area contributed by atoms with Gasteiger partial charge in [0.2, 0.25) is 10.0 Å². The fourth-order valence-electron chi connectivity index (χ4n) is 4.24. The number of aryl methyl sites for hydroxylation is 2. The van der Waals surface area contributed by atoms with Crippen molar-refractivity contribution in [2.75, 3.05) is 44.2 Å². The average Bonchev–Trinajstić information content (AvgIpc) is 3.34. The molecule has 32 heavy (non-hydrogen) atoms. The van der Waals surface area contributed by atoms with E-state index in [0.29, 0.717) is 24.5 Å². The second-order valence-electron chi connectivity index (χ2n) is 8.54. The number of aromatic nitrogens is 1. The van der Waals surface area contributed by atoms with Crippen LogP contribution in [0.1, 0.15) is 29.5 Å². The number of amides is 2. The van der Waals surface area contributed by atoms with E-state index in [-0.39, 0.29) is 19.1 Å². The molecule has 1 N–H and O–H groups in total. The highest BCUT2D eigenvalue weighted by molar-refractivity contribution is 7.89. The van der Waals surface area contributed by atoms with Crippen LogP contribution in [0.5, 0.6) is 0 Å². The zero-order valence-electron chi connectivity index (χ0n) is 18.7. The molecule has 172 valence electrons. The van der Waals surface area contributed by atoms with Crippen LogP contribution in [0.25, 0.3) is 0 Å². The highest BCUT2D eigenvalue weighted by atomic mass is 32.2. The van der Waals surface area contributed by atoms with Crippen LogP contribution in [0, 0.1) is 13.8 Å². The molecule has 2 amide bonds. The van der Waals surface area contributed by atoms with Gasteiger partial charge in [0, 0.05) is 52.0 Å². The fraction of sp³-hybridized carbons (Fsp3) is 0.478. The lowest BCUT2D eigenvalue weighted by Gasteiger charge is -2.34. The van der Waals surface area contributed by atoms with E-state index < -0.39 is 10.0 Å².